The predicted octanol–water partition coefficient (Wildman–Crippen LogP) is 3.07. The number of hydrogen-bond acceptors (Lipinski definition) is 2. The van der Waals surface area contributed by atoms with Crippen molar-refractivity contribution in [3.8, 4) is 0 Å². The molecule has 0 aliphatic carbocycles. The molecule has 0 amide bonds. The van der Waals surface area contributed by atoms with E-state index in [2.05, 4.69) is 15.9 Å². The highest BCUT2D eigenvalue weighted by atomic mass is 79.9. The lowest BCUT2D eigenvalue weighted by Crippen LogP contribution is -2.30. The predicted molar refractivity (Wildman–Crippen MR) is 64.5 cm³/mol. The van der Waals surface area contributed by atoms with Crippen LogP contribution in [0.25, 0.3) is 0 Å². The molecule has 0 saturated heterocycles. The van der Waals surface area contributed by atoms with Gasteiger partial charge in [-0.3, -0.25) is 4.79 Å². The first-order valence-corrected chi connectivity index (χ1v) is 6.27. The number of halogens is 1. The second-order valence-corrected chi connectivity index (χ2v) is 5.78. The van der Waals surface area contributed by atoms with Crippen LogP contribution in [0.1, 0.15) is 40.5 Å². The average molecular weight is 281 g/mol. The van der Waals surface area contributed by atoms with Crippen molar-refractivity contribution in [2.75, 3.05) is 11.9 Å². The van der Waals surface area contributed by atoms with E-state index in [0.29, 0.717) is 13.0 Å². The molecule has 1 N–H and O–H groups in total. The topological polar surface area (TPSA) is 46.5 Å². The first-order valence-electron chi connectivity index (χ1n) is 5.14. The van der Waals surface area contributed by atoms with Gasteiger partial charge in [0.15, 0.2) is 0 Å². The van der Waals surface area contributed by atoms with Crippen LogP contribution in [-0.2, 0) is 9.53 Å². The molecule has 0 fully saturated rings. The van der Waals surface area contributed by atoms with Crippen LogP contribution in [-0.4, -0.2) is 28.6 Å². The van der Waals surface area contributed by atoms with E-state index in [0.717, 1.165) is 11.8 Å². The van der Waals surface area contributed by atoms with E-state index in [4.69, 9.17) is 9.84 Å². The van der Waals surface area contributed by atoms with Gasteiger partial charge in [0.2, 0.25) is 0 Å². The SMILES string of the molecule is CC(C)(CCBr)OCCC(C)(C)C(=O)O. The van der Waals surface area contributed by atoms with Crippen molar-refractivity contribution in [1.29, 1.82) is 0 Å². The van der Waals surface area contributed by atoms with Gasteiger partial charge in [0.05, 0.1) is 11.0 Å². The summed E-state index contributed by atoms with van der Waals surface area (Å²) in [5.74, 6) is -0.774. The largest absolute Gasteiger partial charge is 0.481 e. The number of rotatable bonds is 7. The molecular weight excluding hydrogens is 260 g/mol. The van der Waals surface area contributed by atoms with Crippen LogP contribution in [0.3, 0.4) is 0 Å². The smallest absolute Gasteiger partial charge is 0.309 e. The van der Waals surface area contributed by atoms with Gasteiger partial charge in [-0.1, -0.05) is 15.9 Å². The molecule has 0 saturated carbocycles. The zero-order valence-corrected chi connectivity index (χ0v) is 11.6. The van der Waals surface area contributed by atoms with Gasteiger partial charge in [-0.15, -0.1) is 0 Å². The van der Waals surface area contributed by atoms with Crippen molar-refractivity contribution in [2.24, 2.45) is 5.41 Å². The van der Waals surface area contributed by atoms with E-state index in [9.17, 15) is 4.79 Å². The van der Waals surface area contributed by atoms with Gasteiger partial charge in [0.25, 0.3) is 0 Å². The summed E-state index contributed by atoms with van der Waals surface area (Å²) in [6.45, 7) is 7.95. The van der Waals surface area contributed by atoms with Gasteiger partial charge in [-0.05, 0) is 40.5 Å². The Morgan fingerprint density at radius 3 is 2.20 bits per heavy atom. The summed E-state index contributed by atoms with van der Waals surface area (Å²) in [6, 6.07) is 0. The Morgan fingerprint density at radius 1 is 1.27 bits per heavy atom. The van der Waals surface area contributed by atoms with Crippen LogP contribution in [0.15, 0.2) is 0 Å². The summed E-state index contributed by atoms with van der Waals surface area (Å²) in [5.41, 5.74) is -0.886. The molecule has 0 aromatic carbocycles. The fraction of sp³-hybridized carbons (Fsp3) is 0.909. The second kappa shape index (κ2) is 5.85. The highest BCUT2D eigenvalue weighted by molar-refractivity contribution is 9.09. The molecular formula is C11H21BrO3. The number of ether oxygens (including phenoxy) is 1. The maximum absolute atomic E-state index is 10.8. The minimum Gasteiger partial charge on any atom is -0.481 e. The lowest BCUT2D eigenvalue weighted by atomic mass is 9.90. The Labute approximate surface area is 100 Å². The van der Waals surface area contributed by atoms with Gasteiger partial charge >= 0.3 is 5.97 Å². The number of aliphatic carboxylic acids is 1. The first kappa shape index (κ1) is 14.9. The Balaban J connectivity index is 3.93. The van der Waals surface area contributed by atoms with Crippen molar-refractivity contribution in [3.63, 3.8) is 0 Å². The monoisotopic (exact) mass is 280 g/mol. The van der Waals surface area contributed by atoms with Gasteiger partial charge in [0, 0.05) is 11.9 Å². The maximum Gasteiger partial charge on any atom is 0.309 e. The standard InChI is InChI=1S/C11H21BrO3/c1-10(2,9(13)14)6-8-15-11(3,4)5-7-12/h5-8H2,1-4H3,(H,13,14). The van der Waals surface area contributed by atoms with E-state index in [1.807, 2.05) is 13.8 Å². The summed E-state index contributed by atoms with van der Waals surface area (Å²) in [5, 5.41) is 9.80. The molecule has 15 heavy (non-hydrogen) atoms. The van der Waals surface area contributed by atoms with Crippen molar-refractivity contribution in [2.45, 2.75) is 46.1 Å². The van der Waals surface area contributed by atoms with E-state index in [1.165, 1.54) is 0 Å². The van der Waals surface area contributed by atoms with Crippen LogP contribution >= 0.6 is 15.9 Å². The number of carboxylic acids is 1. The Morgan fingerprint density at radius 2 is 1.80 bits per heavy atom. The molecule has 0 atom stereocenters. The van der Waals surface area contributed by atoms with E-state index >= 15 is 0 Å². The highest BCUT2D eigenvalue weighted by Gasteiger charge is 2.28. The summed E-state index contributed by atoms with van der Waals surface area (Å²) in [4.78, 5) is 10.8. The molecule has 0 unspecified atom stereocenters. The second-order valence-electron chi connectivity index (χ2n) is 4.99. The lowest BCUT2D eigenvalue weighted by molar-refractivity contribution is -0.148. The maximum atomic E-state index is 10.8. The van der Waals surface area contributed by atoms with E-state index < -0.39 is 11.4 Å². The quantitative estimate of drug-likeness (QED) is 0.729. The zero-order chi connectivity index (χ0) is 12.1. The van der Waals surface area contributed by atoms with Crippen molar-refractivity contribution < 1.29 is 14.6 Å². The molecule has 0 aliphatic rings. The van der Waals surface area contributed by atoms with Gasteiger partial charge in [-0.25, -0.2) is 0 Å². The van der Waals surface area contributed by atoms with Crippen LogP contribution in [0.4, 0.5) is 0 Å². The van der Waals surface area contributed by atoms with Crippen molar-refractivity contribution in [3.05, 3.63) is 0 Å². The molecule has 0 aromatic heterocycles. The fourth-order valence-electron chi connectivity index (χ4n) is 0.989. The minimum atomic E-state index is -0.774. The van der Waals surface area contributed by atoms with Crippen LogP contribution in [0, 0.1) is 5.41 Å². The van der Waals surface area contributed by atoms with Crippen LogP contribution in [0.2, 0.25) is 0 Å². The fourth-order valence-corrected chi connectivity index (χ4v) is 1.94. The Kier molecular flexibility index (Phi) is 5.81. The van der Waals surface area contributed by atoms with Gasteiger partial charge in [0.1, 0.15) is 0 Å². The van der Waals surface area contributed by atoms with Crippen LogP contribution in [0.5, 0.6) is 0 Å². The molecule has 0 spiro atoms. The summed E-state index contributed by atoms with van der Waals surface area (Å²) >= 11 is 3.37. The zero-order valence-electron chi connectivity index (χ0n) is 9.97. The Hall–Kier alpha value is -0.0900. The normalized spacial score (nSPS) is 12.9. The summed E-state index contributed by atoms with van der Waals surface area (Å²) in [6.07, 6.45) is 1.45. The molecule has 90 valence electrons. The molecule has 0 heterocycles. The molecule has 4 heteroatoms. The molecule has 0 aliphatic heterocycles. The Bertz CT molecular complexity index is 212. The highest BCUT2D eigenvalue weighted by Crippen LogP contribution is 2.23. The van der Waals surface area contributed by atoms with E-state index in [-0.39, 0.29) is 5.60 Å². The minimum absolute atomic E-state index is 0.182. The summed E-state index contributed by atoms with van der Waals surface area (Å²) in [7, 11) is 0. The molecule has 0 radical (unpaired) electrons. The van der Waals surface area contributed by atoms with Crippen molar-refractivity contribution in [1.82, 2.24) is 0 Å². The van der Waals surface area contributed by atoms with Gasteiger partial charge < -0.3 is 9.84 Å². The lowest BCUT2D eigenvalue weighted by Gasteiger charge is -2.27. The summed E-state index contributed by atoms with van der Waals surface area (Å²) < 4.78 is 5.66. The third kappa shape index (κ3) is 6.15. The van der Waals surface area contributed by atoms with Crippen molar-refractivity contribution >= 4 is 21.9 Å². The number of carboxylic acid groups (broad SMARTS) is 1. The third-order valence-electron chi connectivity index (χ3n) is 2.50. The molecule has 3 nitrogen and oxygen atoms in total. The number of alkyl halides is 1. The third-order valence-corrected chi connectivity index (χ3v) is 2.89. The van der Waals surface area contributed by atoms with E-state index in [1.54, 1.807) is 13.8 Å². The van der Waals surface area contributed by atoms with Crippen LogP contribution < -0.4 is 0 Å². The number of carbonyl (C=O) groups is 1. The van der Waals surface area contributed by atoms with Gasteiger partial charge in [-0.2, -0.15) is 0 Å². The number of hydrogen-bond donors (Lipinski definition) is 1. The molecule has 0 bridgehead atoms. The first-order chi connectivity index (χ1) is 6.71. The molecule has 0 aromatic rings. The molecule has 0 rings (SSSR count). The average Bonchev–Trinajstić information content (AvgIpc) is 2.02.